The molecule has 0 aliphatic rings. The number of fused-ring (bicyclic) bond motifs is 1. The highest BCUT2D eigenvalue weighted by Gasteiger charge is 2.20. The number of hydrogen-bond acceptors (Lipinski definition) is 4. The highest BCUT2D eigenvalue weighted by Crippen LogP contribution is 2.29. The van der Waals surface area contributed by atoms with Crippen LogP contribution in [0.2, 0.25) is 0 Å². The minimum Gasteiger partial charge on any atom is -0.323 e. The van der Waals surface area contributed by atoms with E-state index in [1.54, 1.807) is 13.8 Å². The highest BCUT2D eigenvalue weighted by molar-refractivity contribution is 8.00. The number of nitrogens with zero attached hydrogens (tertiary/aromatic N) is 2. The summed E-state index contributed by atoms with van der Waals surface area (Å²) in [6.45, 7) is 3.36. The average molecular weight is 377 g/mol. The topological polar surface area (TPSA) is 54.9 Å². The van der Waals surface area contributed by atoms with E-state index >= 15 is 0 Å². The summed E-state index contributed by atoms with van der Waals surface area (Å²) in [7, 11) is 0. The number of aryl methyl sites for hydroxylation is 1. The van der Waals surface area contributed by atoms with Crippen LogP contribution in [0.15, 0.2) is 41.4 Å². The zero-order chi connectivity index (χ0) is 18.8. The summed E-state index contributed by atoms with van der Waals surface area (Å²) in [5.41, 5.74) is 0.340. The van der Waals surface area contributed by atoms with Crippen LogP contribution in [0.1, 0.15) is 12.7 Å². The molecular formula is C18H14F3N3OS. The Morgan fingerprint density at radius 2 is 1.81 bits per heavy atom. The minimum atomic E-state index is -1.62. The first-order valence-corrected chi connectivity index (χ1v) is 8.59. The van der Waals surface area contributed by atoms with Crippen molar-refractivity contribution < 1.29 is 18.0 Å². The van der Waals surface area contributed by atoms with Crippen LogP contribution in [0.4, 0.5) is 18.9 Å². The molecule has 0 aliphatic heterocycles. The standard InChI is InChI=1S/C18H14F3N3OS/c1-9(17(25)24-14-8-7-12(19)15(20)16(14)21)26-18-11-5-3-4-6-13(11)22-10(2)23-18/h3-9H,1-2H3,(H,24,25)/t9-/m0/s1. The molecule has 0 spiro atoms. The average Bonchev–Trinajstić information content (AvgIpc) is 2.62. The Balaban J connectivity index is 1.81. The van der Waals surface area contributed by atoms with E-state index in [4.69, 9.17) is 0 Å². The maximum absolute atomic E-state index is 13.7. The van der Waals surface area contributed by atoms with Gasteiger partial charge in [-0.2, -0.15) is 0 Å². The molecule has 0 aliphatic carbocycles. The SMILES string of the molecule is Cc1nc(S[C@@H](C)C(=O)Nc2ccc(F)c(F)c2F)c2ccccc2n1. The molecule has 4 nitrogen and oxygen atoms in total. The summed E-state index contributed by atoms with van der Waals surface area (Å²) in [5, 5.41) is 3.03. The van der Waals surface area contributed by atoms with Gasteiger partial charge in [-0.3, -0.25) is 4.79 Å². The highest BCUT2D eigenvalue weighted by atomic mass is 32.2. The van der Waals surface area contributed by atoms with E-state index in [1.807, 2.05) is 24.3 Å². The summed E-state index contributed by atoms with van der Waals surface area (Å²) >= 11 is 1.17. The number of aromatic nitrogens is 2. The van der Waals surface area contributed by atoms with Crippen molar-refractivity contribution in [2.75, 3.05) is 5.32 Å². The number of halogens is 3. The fourth-order valence-electron chi connectivity index (χ4n) is 2.33. The molecule has 3 rings (SSSR count). The first kappa shape index (κ1) is 18.2. The quantitative estimate of drug-likeness (QED) is 0.414. The lowest BCUT2D eigenvalue weighted by atomic mass is 10.2. The minimum absolute atomic E-state index is 0.412. The van der Waals surface area contributed by atoms with Gasteiger partial charge in [0.25, 0.3) is 0 Å². The molecule has 1 aromatic heterocycles. The Morgan fingerprint density at radius 3 is 2.58 bits per heavy atom. The third-order valence-corrected chi connectivity index (χ3v) is 4.73. The number of nitrogens with one attached hydrogen (secondary N) is 1. The predicted octanol–water partition coefficient (Wildman–Crippen LogP) is 4.47. The molecule has 26 heavy (non-hydrogen) atoms. The van der Waals surface area contributed by atoms with Gasteiger partial charge in [0.05, 0.1) is 16.5 Å². The molecule has 0 radical (unpaired) electrons. The summed E-state index contributed by atoms with van der Waals surface area (Å²) in [5.74, 6) is -4.36. The lowest BCUT2D eigenvalue weighted by Crippen LogP contribution is -2.23. The summed E-state index contributed by atoms with van der Waals surface area (Å²) in [4.78, 5) is 21.0. The molecule has 0 fully saturated rings. The van der Waals surface area contributed by atoms with E-state index in [9.17, 15) is 18.0 Å². The Bertz CT molecular complexity index is 997. The number of anilines is 1. The van der Waals surface area contributed by atoms with Gasteiger partial charge < -0.3 is 5.32 Å². The molecule has 0 saturated heterocycles. The molecule has 1 atom stereocenters. The number of thioether (sulfide) groups is 1. The molecule has 134 valence electrons. The van der Waals surface area contributed by atoms with Gasteiger partial charge in [-0.15, -0.1) is 0 Å². The van der Waals surface area contributed by atoms with Crippen LogP contribution >= 0.6 is 11.8 Å². The summed E-state index contributed by atoms with van der Waals surface area (Å²) in [6.07, 6.45) is 0. The van der Waals surface area contributed by atoms with Crippen molar-refractivity contribution in [2.24, 2.45) is 0 Å². The van der Waals surface area contributed by atoms with Crippen LogP contribution < -0.4 is 5.32 Å². The number of benzene rings is 2. The Hall–Kier alpha value is -2.61. The van der Waals surface area contributed by atoms with E-state index in [-0.39, 0.29) is 0 Å². The van der Waals surface area contributed by atoms with Crippen molar-refractivity contribution in [3.05, 3.63) is 59.7 Å². The molecule has 1 amide bonds. The van der Waals surface area contributed by atoms with Gasteiger partial charge in [0.15, 0.2) is 17.5 Å². The molecule has 1 N–H and O–H groups in total. The second kappa shape index (κ2) is 7.33. The number of rotatable bonds is 4. The zero-order valence-corrected chi connectivity index (χ0v) is 14.7. The van der Waals surface area contributed by atoms with E-state index < -0.39 is 34.3 Å². The van der Waals surface area contributed by atoms with Crippen LogP contribution in [0.3, 0.4) is 0 Å². The lowest BCUT2D eigenvalue weighted by molar-refractivity contribution is -0.115. The van der Waals surface area contributed by atoms with Crippen molar-refractivity contribution >= 4 is 34.3 Å². The van der Waals surface area contributed by atoms with Crippen LogP contribution in [-0.2, 0) is 4.79 Å². The third-order valence-electron chi connectivity index (χ3n) is 3.63. The monoisotopic (exact) mass is 377 g/mol. The summed E-state index contributed by atoms with van der Waals surface area (Å²) in [6, 6.07) is 9.12. The predicted molar refractivity (Wildman–Crippen MR) is 94.5 cm³/mol. The molecule has 8 heteroatoms. The largest absolute Gasteiger partial charge is 0.323 e. The second-order valence-electron chi connectivity index (χ2n) is 5.57. The van der Waals surface area contributed by atoms with E-state index in [0.29, 0.717) is 10.9 Å². The van der Waals surface area contributed by atoms with Gasteiger partial charge >= 0.3 is 0 Å². The molecular weight excluding hydrogens is 363 g/mol. The molecule has 0 saturated carbocycles. The third kappa shape index (κ3) is 3.65. The Morgan fingerprint density at radius 1 is 1.08 bits per heavy atom. The number of carbonyl (C=O) groups excluding carboxylic acids is 1. The number of amides is 1. The van der Waals surface area contributed by atoms with E-state index in [1.165, 1.54) is 11.8 Å². The number of hydrogen-bond donors (Lipinski definition) is 1. The van der Waals surface area contributed by atoms with Crippen molar-refractivity contribution in [1.29, 1.82) is 0 Å². The normalized spacial score (nSPS) is 12.2. The van der Waals surface area contributed by atoms with Gasteiger partial charge in [-0.1, -0.05) is 30.0 Å². The molecule has 3 aromatic rings. The first-order valence-electron chi connectivity index (χ1n) is 7.71. The van der Waals surface area contributed by atoms with Gasteiger partial charge in [0.1, 0.15) is 10.9 Å². The van der Waals surface area contributed by atoms with Crippen LogP contribution in [0.25, 0.3) is 10.9 Å². The Labute approximate surface area is 151 Å². The first-order chi connectivity index (χ1) is 12.4. The van der Waals surface area contributed by atoms with Gasteiger partial charge in [-0.25, -0.2) is 23.1 Å². The lowest BCUT2D eigenvalue weighted by Gasteiger charge is -2.14. The molecule has 0 bridgehead atoms. The van der Waals surface area contributed by atoms with Crippen molar-refractivity contribution in [3.63, 3.8) is 0 Å². The van der Waals surface area contributed by atoms with E-state index in [2.05, 4.69) is 15.3 Å². The number of carbonyl (C=O) groups is 1. The second-order valence-corrected chi connectivity index (χ2v) is 6.89. The maximum Gasteiger partial charge on any atom is 0.237 e. The van der Waals surface area contributed by atoms with Crippen molar-refractivity contribution in [2.45, 2.75) is 24.1 Å². The van der Waals surface area contributed by atoms with Gasteiger partial charge in [0.2, 0.25) is 5.91 Å². The van der Waals surface area contributed by atoms with Crippen molar-refractivity contribution in [3.8, 4) is 0 Å². The maximum atomic E-state index is 13.7. The smallest absolute Gasteiger partial charge is 0.237 e. The zero-order valence-electron chi connectivity index (χ0n) is 13.9. The molecule has 0 unspecified atom stereocenters. The van der Waals surface area contributed by atoms with Crippen LogP contribution in [0, 0.1) is 24.4 Å². The number of para-hydroxylation sites is 1. The fraction of sp³-hybridized carbons (Fsp3) is 0.167. The van der Waals surface area contributed by atoms with Crippen LogP contribution in [0.5, 0.6) is 0 Å². The fourth-order valence-corrected chi connectivity index (χ4v) is 3.31. The summed E-state index contributed by atoms with van der Waals surface area (Å²) < 4.78 is 40.0. The van der Waals surface area contributed by atoms with Gasteiger partial charge in [0, 0.05) is 5.39 Å². The van der Waals surface area contributed by atoms with Crippen molar-refractivity contribution in [1.82, 2.24) is 9.97 Å². The van der Waals surface area contributed by atoms with Gasteiger partial charge in [-0.05, 0) is 32.0 Å². The molecule has 1 heterocycles. The molecule has 2 aromatic carbocycles. The van der Waals surface area contributed by atoms with E-state index in [0.717, 1.165) is 23.0 Å². The Kier molecular flexibility index (Phi) is 5.13. The van der Waals surface area contributed by atoms with Crippen LogP contribution in [-0.4, -0.2) is 21.1 Å².